The molecule has 0 saturated carbocycles. The molecule has 0 unspecified atom stereocenters. The van der Waals surface area contributed by atoms with E-state index in [1.165, 1.54) is 11.1 Å². The van der Waals surface area contributed by atoms with Crippen molar-refractivity contribution in [3.63, 3.8) is 0 Å². The molecule has 0 aliphatic heterocycles. The number of nitrogen functional groups attached to an aromatic ring is 1. The average Bonchev–Trinajstić information content (AvgIpc) is 3.43. The first-order valence-electron chi connectivity index (χ1n) is 10.9. The van der Waals surface area contributed by atoms with Crippen molar-refractivity contribution < 1.29 is 9.63 Å². The third kappa shape index (κ3) is 3.61. The summed E-state index contributed by atoms with van der Waals surface area (Å²) in [5.41, 5.74) is 9.78. The van der Waals surface area contributed by atoms with Gasteiger partial charge in [-0.1, -0.05) is 31.2 Å². The van der Waals surface area contributed by atoms with Gasteiger partial charge in [-0.25, -0.2) is 14.8 Å². The molecule has 0 fully saturated rings. The predicted octanol–water partition coefficient (Wildman–Crippen LogP) is 5.02. The van der Waals surface area contributed by atoms with E-state index >= 15 is 0 Å². The highest BCUT2D eigenvalue weighted by Crippen LogP contribution is 2.30. The van der Waals surface area contributed by atoms with Crippen LogP contribution in [0.1, 0.15) is 27.2 Å². The van der Waals surface area contributed by atoms with Crippen LogP contribution in [0, 0.1) is 5.41 Å². The van der Waals surface area contributed by atoms with Crippen LogP contribution < -0.4 is 10.6 Å². The van der Waals surface area contributed by atoms with Crippen molar-refractivity contribution in [2.24, 2.45) is 5.41 Å². The summed E-state index contributed by atoms with van der Waals surface area (Å²) >= 11 is 0. The Balaban J connectivity index is 1.60. The van der Waals surface area contributed by atoms with Gasteiger partial charge in [0.1, 0.15) is 12.1 Å². The number of carbonyl (C=O) groups is 1. The number of hydrogen-bond donors (Lipinski definition) is 1. The van der Waals surface area contributed by atoms with E-state index in [1.54, 1.807) is 6.20 Å². The summed E-state index contributed by atoms with van der Waals surface area (Å²) in [4.78, 5) is 27.2. The van der Waals surface area contributed by atoms with E-state index in [0.717, 1.165) is 33.1 Å². The maximum Gasteiger partial charge on any atom is 0.338 e. The highest BCUT2D eigenvalue weighted by molar-refractivity contribution is 5.91. The Bertz CT molecular complexity index is 1500. The first-order valence-corrected chi connectivity index (χ1v) is 10.9. The fourth-order valence-electron chi connectivity index (χ4n) is 3.75. The van der Waals surface area contributed by atoms with Crippen LogP contribution in [-0.4, -0.2) is 25.2 Å². The number of benzene rings is 2. The Labute approximate surface area is 191 Å². The molecule has 166 valence electrons. The fraction of sp³-hybridized carbons (Fsp3) is 0.192. The largest absolute Gasteiger partial charge is 0.399 e. The molecule has 5 aromatic rings. The zero-order chi connectivity index (χ0) is 23.2. The number of anilines is 1. The normalized spacial score (nSPS) is 11.8. The monoisotopic (exact) mass is 439 g/mol. The number of nitrogens with two attached hydrogens (primary N) is 1. The molecule has 33 heavy (non-hydrogen) atoms. The number of rotatable bonds is 5. The van der Waals surface area contributed by atoms with Crippen molar-refractivity contribution in [2.45, 2.75) is 27.2 Å². The Hall–Kier alpha value is -4.13. The Morgan fingerprint density at radius 1 is 1.03 bits per heavy atom. The minimum Gasteiger partial charge on any atom is -0.399 e. The summed E-state index contributed by atoms with van der Waals surface area (Å²) in [5.74, 6) is 0.408. The van der Waals surface area contributed by atoms with E-state index in [1.807, 2.05) is 67.9 Å². The lowest BCUT2D eigenvalue weighted by atomic mass is 9.91. The van der Waals surface area contributed by atoms with Crippen LogP contribution in [0.4, 0.5) is 5.69 Å². The lowest BCUT2D eigenvalue weighted by Gasteiger charge is -2.20. The summed E-state index contributed by atoms with van der Waals surface area (Å²) in [5, 5.41) is 1.87. The first-order chi connectivity index (χ1) is 15.9. The standard InChI is InChI=1S/C26H25N5O2/c1-4-26(2,3)25(32)33-31-13-11-21-23(28-16-29-24(21)31)30-12-10-17-8-9-19(15-22(17)30)18-6-5-7-20(27)14-18/h5-16H,4,27H2,1-3H3. The maximum absolute atomic E-state index is 12.6. The van der Waals surface area contributed by atoms with Gasteiger partial charge in [-0.15, -0.1) is 0 Å². The smallest absolute Gasteiger partial charge is 0.338 e. The van der Waals surface area contributed by atoms with Gasteiger partial charge in [0.25, 0.3) is 0 Å². The van der Waals surface area contributed by atoms with Gasteiger partial charge in [0.15, 0.2) is 5.65 Å². The molecule has 0 spiro atoms. The average molecular weight is 440 g/mol. The zero-order valence-electron chi connectivity index (χ0n) is 18.8. The number of fused-ring (bicyclic) bond motifs is 2. The van der Waals surface area contributed by atoms with Crippen molar-refractivity contribution in [3.05, 3.63) is 73.3 Å². The molecule has 2 aromatic carbocycles. The van der Waals surface area contributed by atoms with Gasteiger partial charge in [-0.3, -0.25) is 0 Å². The van der Waals surface area contributed by atoms with Crippen LogP contribution in [0.15, 0.2) is 73.3 Å². The molecule has 3 heterocycles. The van der Waals surface area contributed by atoms with Crippen molar-refractivity contribution >= 4 is 33.6 Å². The molecular weight excluding hydrogens is 414 g/mol. The van der Waals surface area contributed by atoms with E-state index in [4.69, 9.17) is 10.6 Å². The highest BCUT2D eigenvalue weighted by Gasteiger charge is 2.28. The van der Waals surface area contributed by atoms with Gasteiger partial charge in [0, 0.05) is 23.5 Å². The first kappa shape index (κ1) is 20.8. The van der Waals surface area contributed by atoms with Crippen molar-refractivity contribution in [1.29, 1.82) is 0 Å². The minimum absolute atomic E-state index is 0.305. The zero-order valence-corrected chi connectivity index (χ0v) is 18.8. The minimum atomic E-state index is -0.583. The number of carbonyl (C=O) groups excluding carboxylic acids is 1. The summed E-state index contributed by atoms with van der Waals surface area (Å²) in [6.07, 6.45) is 5.85. The van der Waals surface area contributed by atoms with E-state index in [-0.39, 0.29) is 5.97 Å². The van der Waals surface area contributed by atoms with Gasteiger partial charge < -0.3 is 15.1 Å². The molecule has 0 atom stereocenters. The molecule has 5 rings (SSSR count). The third-order valence-corrected chi connectivity index (χ3v) is 6.19. The molecule has 0 bridgehead atoms. The van der Waals surface area contributed by atoms with Gasteiger partial charge in [0.05, 0.1) is 16.3 Å². The third-order valence-electron chi connectivity index (χ3n) is 6.19. The Morgan fingerprint density at radius 2 is 1.85 bits per heavy atom. The second-order valence-corrected chi connectivity index (χ2v) is 8.78. The van der Waals surface area contributed by atoms with Crippen LogP contribution in [0.25, 0.3) is 38.9 Å². The molecule has 2 N–H and O–H groups in total. The molecule has 0 saturated heterocycles. The molecule has 0 amide bonds. The molecule has 7 heteroatoms. The second-order valence-electron chi connectivity index (χ2n) is 8.78. The van der Waals surface area contributed by atoms with Crippen molar-refractivity contribution in [1.82, 2.24) is 19.3 Å². The summed E-state index contributed by atoms with van der Waals surface area (Å²) in [7, 11) is 0. The van der Waals surface area contributed by atoms with Crippen LogP contribution in [0.5, 0.6) is 0 Å². The highest BCUT2D eigenvalue weighted by atomic mass is 16.7. The molecule has 0 aliphatic rings. The lowest BCUT2D eigenvalue weighted by Crippen LogP contribution is -2.32. The number of nitrogens with zero attached hydrogens (tertiary/aromatic N) is 4. The molecule has 3 aromatic heterocycles. The van der Waals surface area contributed by atoms with Crippen molar-refractivity contribution in [3.8, 4) is 16.9 Å². The summed E-state index contributed by atoms with van der Waals surface area (Å²) < 4.78 is 3.45. The quantitative estimate of drug-likeness (QED) is 0.389. The van der Waals surface area contributed by atoms with Gasteiger partial charge >= 0.3 is 5.97 Å². The maximum atomic E-state index is 12.6. The van der Waals surface area contributed by atoms with Crippen LogP contribution in [0.3, 0.4) is 0 Å². The van der Waals surface area contributed by atoms with Gasteiger partial charge in [-0.05, 0) is 61.7 Å². The van der Waals surface area contributed by atoms with Crippen LogP contribution in [-0.2, 0) is 4.79 Å². The summed E-state index contributed by atoms with van der Waals surface area (Å²) in [6.45, 7) is 5.70. The Kier molecular flexibility index (Phi) is 4.89. The van der Waals surface area contributed by atoms with Crippen molar-refractivity contribution in [2.75, 3.05) is 5.73 Å². The predicted molar refractivity (Wildman–Crippen MR) is 130 cm³/mol. The van der Waals surface area contributed by atoms with E-state index in [2.05, 4.69) is 28.2 Å². The van der Waals surface area contributed by atoms with Crippen LogP contribution in [0.2, 0.25) is 0 Å². The fourth-order valence-corrected chi connectivity index (χ4v) is 3.75. The number of hydrogen-bond acceptors (Lipinski definition) is 5. The van der Waals surface area contributed by atoms with Crippen LogP contribution >= 0.6 is 0 Å². The van der Waals surface area contributed by atoms with Gasteiger partial charge in [-0.2, -0.15) is 4.73 Å². The lowest BCUT2D eigenvalue weighted by molar-refractivity contribution is -0.154. The topological polar surface area (TPSA) is 88.0 Å². The molecular formula is C26H25N5O2. The van der Waals surface area contributed by atoms with E-state index in [0.29, 0.717) is 17.9 Å². The summed E-state index contributed by atoms with van der Waals surface area (Å²) in [6, 6.07) is 18.0. The van der Waals surface area contributed by atoms with Gasteiger partial charge in [0.2, 0.25) is 0 Å². The molecule has 0 aliphatic carbocycles. The van der Waals surface area contributed by atoms with E-state index < -0.39 is 5.41 Å². The second kappa shape index (κ2) is 7.78. The molecule has 7 nitrogen and oxygen atoms in total. The molecule has 0 radical (unpaired) electrons. The van der Waals surface area contributed by atoms with E-state index in [9.17, 15) is 4.79 Å². The SMILES string of the molecule is CCC(C)(C)C(=O)On1ccc2c(-n3ccc4ccc(-c5cccc(N)c5)cc43)ncnc21. The Morgan fingerprint density at radius 3 is 2.64 bits per heavy atom. The number of aromatic nitrogens is 4.